The number of nitrogens with zero attached hydrogens (tertiary/aromatic N) is 1. The van der Waals surface area contributed by atoms with Crippen LogP contribution in [0.5, 0.6) is 0 Å². The van der Waals surface area contributed by atoms with Crippen molar-refractivity contribution in [1.82, 2.24) is 10.2 Å². The molecule has 0 aliphatic carbocycles. The second kappa shape index (κ2) is 8.51. The normalized spacial score (nSPS) is 12.2. The van der Waals surface area contributed by atoms with Gasteiger partial charge in [-0.25, -0.2) is 0 Å². The molecule has 1 atom stereocenters. The summed E-state index contributed by atoms with van der Waals surface area (Å²) in [4.78, 5) is 13.9. The fourth-order valence-corrected chi connectivity index (χ4v) is 2.20. The Hall–Kier alpha value is -1.65. The van der Waals surface area contributed by atoms with Gasteiger partial charge in [-0.15, -0.1) is 6.58 Å². The molecule has 0 heterocycles. The summed E-state index contributed by atoms with van der Waals surface area (Å²) in [7, 11) is 0. The first-order valence-electron chi connectivity index (χ1n) is 6.87. The fraction of sp³-hybridized carbons (Fsp3) is 0.438. The Morgan fingerprint density at radius 1 is 1.50 bits per heavy atom. The lowest BCUT2D eigenvalue weighted by Crippen LogP contribution is -2.39. The maximum Gasteiger partial charge on any atom is 0.234 e. The molecule has 0 bridgehead atoms. The van der Waals surface area contributed by atoms with Crippen molar-refractivity contribution in [3.8, 4) is 0 Å². The highest BCUT2D eigenvalue weighted by Crippen LogP contribution is 2.16. The van der Waals surface area contributed by atoms with Crippen molar-refractivity contribution in [2.45, 2.75) is 19.9 Å². The second-order valence-corrected chi connectivity index (χ2v) is 4.89. The van der Waals surface area contributed by atoms with Crippen LogP contribution >= 0.6 is 0 Å². The van der Waals surface area contributed by atoms with Crippen molar-refractivity contribution >= 4 is 5.91 Å². The first-order valence-corrected chi connectivity index (χ1v) is 6.87. The smallest absolute Gasteiger partial charge is 0.234 e. The Kier molecular flexibility index (Phi) is 6.98. The number of hydrogen-bond donors (Lipinski definition) is 2. The SMILES string of the molecule is C=CCN(CCO)CC(=O)NC(C)c1ccccc1C. The first kappa shape index (κ1) is 16.4. The number of carbonyl (C=O) groups is 1. The van der Waals surface area contributed by atoms with Crippen LogP contribution in [0.1, 0.15) is 24.1 Å². The van der Waals surface area contributed by atoms with E-state index in [1.807, 2.05) is 43.0 Å². The number of nitrogens with one attached hydrogen (secondary N) is 1. The van der Waals surface area contributed by atoms with Gasteiger partial charge >= 0.3 is 0 Å². The lowest BCUT2D eigenvalue weighted by atomic mass is 10.0. The van der Waals surface area contributed by atoms with Crippen LogP contribution in [0.15, 0.2) is 36.9 Å². The summed E-state index contributed by atoms with van der Waals surface area (Å²) < 4.78 is 0. The minimum atomic E-state index is -0.0453. The third kappa shape index (κ3) is 5.15. The summed E-state index contributed by atoms with van der Waals surface area (Å²) in [5, 5.41) is 12.0. The molecule has 0 fully saturated rings. The van der Waals surface area contributed by atoms with Crippen LogP contribution in [-0.2, 0) is 4.79 Å². The van der Waals surface area contributed by atoms with E-state index in [0.717, 1.165) is 5.56 Å². The molecule has 1 aromatic rings. The van der Waals surface area contributed by atoms with Crippen molar-refractivity contribution in [1.29, 1.82) is 0 Å². The monoisotopic (exact) mass is 276 g/mol. The van der Waals surface area contributed by atoms with E-state index in [9.17, 15) is 4.79 Å². The number of amides is 1. The van der Waals surface area contributed by atoms with Gasteiger partial charge in [-0.05, 0) is 25.0 Å². The number of hydrogen-bond acceptors (Lipinski definition) is 3. The van der Waals surface area contributed by atoms with Crippen LogP contribution in [0.25, 0.3) is 0 Å². The fourth-order valence-electron chi connectivity index (χ4n) is 2.20. The van der Waals surface area contributed by atoms with Gasteiger partial charge in [0.1, 0.15) is 0 Å². The minimum Gasteiger partial charge on any atom is -0.395 e. The summed E-state index contributed by atoms with van der Waals surface area (Å²) in [5.41, 5.74) is 2.29. The Labute approximate surface area is 121 Å². The van der Waals surface area contributed by atoms with Gasteiger partial charge in [-0.2, -0.15) is 0 Å². The highest BCUT2D eigenvalue weighted by atomic mass is 16.3. The molecule has 4 nitrogen and oxygen atoms in total. The topological polar surface area (TPSA) is 52.6 Å². The Morgan fingerprint density at radius 3 is 2.80 bits per heavy atom. The van der Waals surface area contributed by atoms with Gasteiger partial charge in [-0.3, -0.25) is 9.69 Å². The molecule has 1 rings (SSSR count). The van der Waals surface area contributed by atoms with Crippen LogP contribution in [0, 0.1) is 6.92 Å². The van der Waals surface area contributed by atoms with E-state index in [1.165, 1.54) is 5.56 Å². The zero-order valence-corrected chi connectivity index (χ0v) is 12.3. The maximum absolute atomic E-state index is 12.0. The van der Waals surface area contributed by atoms with Crippen molar-refractivity contribution in [2.75, 3.05) is 26.2 Å². The first-order chi connectivity index (χ1) is 9.58. The molecule has 0 aromatic heterocycles. The quantitative estimate of drug-likeness (QED) is 0.710. The number of aliphatic hydroxyl groups excluding tert-OH is 1. The molecule has 4 heteroatoms. The van der Waals surface area contributed by atoms with Crippen LogP contribution in [0.2, 0.25) is 0 Å². The Bertz CT molecular complexity index is 446. The van der Waals surface area contributed by atoms with Gasteiger partial charge in [0.25, 0.3) is 0 Å². The summed E-state index contributed by atoms with van der Waals surface area (Å²) in [6.45, 7) is 9.03. The van der Waals surface area contributed by atoms with Crippen LogP contribution in [0.4, 0.5) is 0 Å². The molecular formula is C16H24N2O2. The molecule has 0 aliphatic rings. The maximum atomic E-state index is 12.0. The Morgan fingerprint density at radius 2 is 2.20 bits per heavy atom. The number of aryl methyl sites for hydroxylation is 1. The number of rotatable bonds is 8. The molecule has 110 valence electrons. The molecule has 0 saturated heterocycles. The average molecular weight is 276 g/mol. The van der Waals surface area contributed by atoms with E-state index in [2.05, 4.69) is 11.9 Å². The van der Waals surface area contributed by atoms with Crippen molar-refractivity contribution in [3.05, 3.63) is 48.0 Å². The van der Waals surface area contributed by atoms with Crippen LogP contribution < -0.4 is 5.32 Å². The van der Waals surface area contributed by atoms with Crippen molar-refractivity contribution in [3.63, 3.8) is 0 Å². The number of benzene rings is 1. The average Bonchev–Trinajstić information content (AvgIpc) is 2.39. The van der Waals surface area contributed by atoms with Gasteiger partial charge < -0.3 is 10.4 Å². The third-order valence-corrected chi connectivity index (χ3v) is 3.20. The molecule has 1 aromatic carbocycles. The number of carbonyl (C=O) groups excluding carboxylic acids is 1. The minimum absolute atomic E-state index is 0.0246. The predicted molar refractivity (Wildman–Crippen MR) is 81.5 cm³/mol. The van der Waals surface area contributed by atoms with Crippen molar-refractivity contribution in [2.24, 2.45) is 0 Å². The van der Waals surface area contributed by atoms with Gasteiger partial charge in [0.05, 0.1) is 19.2 Å². The van der Waals surface area contributed by atoms with Gasteiger partial charge in [0.15, 0.2) is 0 Å². The third-order valence-electron chi connectivity index (χ3n) is 3.20. The second-order valence-electron chi connectivity index (χ2n) is 4.89. The lowest BCUT2D eigenvalue weighted by Gasteiger charge is -2.21. The Balaban J connectivity index is 2.57. The molecule has 1 amide bonds. The van der Waals surface area contributed by atoms with E-state index in [0.29, 0.717) is 13.1 Å². The molecular weight excluding hydrogens is 252 g/mol. The van der Waals surface area contributed by atoms with Gasteiger partial charge in [0.2, 0.25) is 5.91 Å². The molecule has 2 N–H and O–H groups in total. The summed E-state index contributed by atoms with van der Waals surface area (Å²) >= 11 is 0. The zero-order chi connectivity index (χ0) is 15.0. The van der Waals surface area contributed by atoms with E-state index >= 15 is 0 Å². The molecule has 1 unspecified atom stereocenters. The molecule has 0 saturated carbocycles. The lowest BCUT2D eigenvalue weighted by molar-refractivity contribution is -0.122. The van der Waals surface area contributed by atoms with Crippen molar-refractivity contribution < 1.29 is 9.90 Å². The van der Waals surface area contributed by atoms with E-state index in [-0.39, 0.29) is 25.1 Å². The number of aliphatic hydroxyl groups is 1. The van der Waals surface area contributed by atoms with Crippen LogP contribution in [0.3, 0.4) is 0 Å². The summed E-state index contributed by atoms with van der Waals surface area (Å²) in [6, 6.07) is 7.99. The van der Waals surface area contributed by atoms with E-state index in [1.54, 1.807) is 6.08 Å². The molecule has 0 radical (unpaired) electrons. The molecule has 20 heavy (non-hydrogen) atoms. The highest BCUT2D eigenvalue weighted by molar-refractivity contribution is 5.78. The van der Waals surface area contributed by atoms with E-state index in [4.69, 9.17) is 5.11 Å². The summed E-state index contributed by atoms with van der Waals surface area (Å²) in [5.74, 6) is -0.0453. The van der Waals surface area contributed by atoms with Gasteiger partial charge in [-0.1, -0.05) is 30.3 Å². The van der Waals surface area contributed by atoms with E-state index < -0.39 is 0 Å². The van der Waals surface area contributed by atoms with Crippen LogP contribution in [-0.4, -0.2) is 42.2 Å². The molecule has 0 spiro atoms. The highest BCUT2D eigenvalue weighted by Gasteiger charge is 2.13. The largest absolute Gasteiger partial charge is 0.395 e. The zero-order valence-electron chi connectivity index (χ0n) is 12.3. The molecule has 0 aliphatic heterocycles. The summed E-state index contributed by atoms with van der Waals surface area (Å²) in [6.07, 6.45) is 1.73. The standard InChI is InChI=1S/C16H24N2O2/c1-4-9-18(10-11-19)12-16(20)17-14(3)15-8-6-5-7-13(15)2/h4-8,14,19H,1,9-12H2,2-3H3,(H,17,20). The predicted octanol–water partition coefficient (Wildman–Crippen LogP) is 1.65. The van der Waals surface area contributed by atoms with Gasteiger partial charge in [0, 0.05) is 13.1 Å².